The third-order valence-corrected chi connectivity index (χ3v) is 2.43. The fraction of sp³-hybridized carbons (Fsp3) is 0.250. The van der Waals surface area contributed by atoms with Gasteiger partial charge in [0, 0.05) is 5.56 Å². The van der Waals surface area contributed by atoms with Crippen LogP contribution in [0.5, 0.6) is 5.75 Å². The lowest BCUT2D eigenvalue weighted by molar-refractivity contribution is -0.135. The van der Waals surface area contributed by atoms with Gasteiger partial charge in [0.2, 0.25) is 11.5 Å². The summed E-state index contributed by atoms with van der Waals surface area (Å²) in [5, 5.41) is 3.07. The molecule has 1 rings (SSSR count). The standard InChI is InChI=1S/C12H13NO7S/c1-3-19-12(15)10(13-20-21(16)17)11(14)8-4-6-9(18-2)7-5-8/h4-7H,3H2,1-2H3,(H,16,17)/b13-10-. The van der Waals surface area contributed by atoms with Crippen molar-refractivity contribution in [1.29, 1.82) is 0 Å². The van der Waals surface area contributed by atoms with Crippen LogP contribution >= 0.6 is 0 Å². The van der Waals surface area contributed by atoms with Gasteiger partial charge in [-0.25, -0.2) is 4.79 Å². The van der Waals surface area contributed by atoms with Crippen molar-refractivity contribution < 1.29 is 32.1 Å². The van der Waals surface area contributed by atoms with Crippen molar-refractivity contribution >= 4 is 28.8 Å². The van der Waals surface area contributed by atoms with E-state index in [1.807, 2.05) is 0 Å². The van der Waals surface area contributed by atoms with Gasteiger partial charge < -0.3 is 9.47 Å². The molecule has 0 fully saturated rings. The number of oxime groups is 1. The molecule has 0 spiro atoms. The van der Waals surface area contributed by atoms with Crippen molar-refractivity contribution in [2.75, 3.05) is 13.7 Å². The number of carbonyl (C=O) groups excluding carboxylic acids is 2. The molecule has 114 valence electrons. The summed E-state index contributed by atoms with van der Waals surface area (Å²) in [5.41, 5.74) is -0.612. The van der Waals surface area contributed by atoms with Gasteiger partial charge in [-0.3, -0.25) is 13.6 Å². The van der Waals surface area contributed by atoms with E-state index in [1.165, 1.54) is 31.4 Å². The van der Waals surface area contributed by atoms with Crippen LogP contribution in [0.15, 0.2) is 29.4 Å². The number of ether oxygens (including phenoxy) is 2. The second-order valence-electron chi connectivity index (χ2n) is 3.51. The summed E-state index contributed by atoms with van der Waals surface area (Å²) in [6.07, 6.45) is 0. The fourth-order valence-electron chi connectivity index (χ4n) is 1.32. The summed E-state index contributed by atoms with van der Waals surface area (Å²) in [5.74, 6) is -1.33. The van der Waals surface area contributed by atoms with Crippen molar-refractivity contribution in [3.05, 3.63) is 29.8 Å². The average molecular weight is 315 g/mol. The molecule has 0 saturated carbocycles. The number of Topliss-reactive ketones (excluding diaryl/α,β-unsaturated/α-hetero) is 1. The SMILES string of the molecule is CCOC(=O)/C(=N\OS(=O)O)C(=O)c1ccc(OC)cc1. The highest BCUT2D eigenvalue weighted by molar-refractivity contribution is 7.74. The van der Waals surface area contributed by atoms with Crippen molar-refractivity contribution in [2.45, 2.75) is 6.92 Å². The van der Waals surface area contributed by atoms with Gasteiger partial charge in [0.05, 0.1) is 13.7 Å². The van der Waals surface area contributed by atoms with Crippen LogP contribution in [0.3, 0.4) is 0 Å². The van der Waals surface area contributed by atoms with Gasteiger partial charge in [-0.2, -0.15) is 4.21 Å². The third kappa shape index (κ3) is 4.97. The Hall–Kier alpha value is -2.26. The van der Waals surface area contributed by atoms with Gasteiger partial charge in [0.15, 0.2) is 0 Å². The topological polar surface area (TPSA) is 111 Å². The van der Waals surface area contributed by atoms with Crippen LogP contribution in [0.4, 0.5) is 0 Å². The van der Waals surface area contributed by atoms with E-state index in [9.17, 15) is 13.8 Å². The Morgan fingerprint density at radius 3 is 2.38 bits per heavy atom. The molecule has 8 nitrogen and oxygen atoms in total. The summed E-state index contributed by atoms with van der Waals surface area (Å²) >= 11 is -2.75. The Balaban J connectivity index is 3.05. The molecule has 0 amide bonds. The van der Waals surface area contributed by atoms with Crippen LogP contribution < -0.4 is 4.74 Å². The predicted octanol–water partition coefficient (Wildman–Crippen LogP) is 0.950. The zero-order chi connectivity index (χ0) is 15.8. The number of rotatable bonds is 7. The first-order valence-electron chi connectivity index (χ1n) is 5.71. The molecular weight excluding hydrogens is 302 g/mol. The molecule has 0 radical (unpaired) electrons. The number of hydrogen-bond donors (Lipinski definition) is 1. The smallest absolute Gasteiger partial charge is 0.378 e. The lowest BCUT2D eigenvalue weighted by Gasteiger charge is -2.05. The van der Waals surface area contributed by atoms with Gasteiger partial charge in [0.25, 0.3) is 0 Å². The highest BCUT2D eigenvalue weighted by Gasteiger charge is 2.25. The second-order valence-corrected chi connectivity index (χ2v) is 4.09. The van der Waals surface area contributed by atoms with Gasteiger partial charge in [-0.05, 0) is 31.2 Å². The van der Waals surface area contributed by atoms with Gasteiger partial charge >= 0.3 is 17.3 Å². The molecule has 21 heavy (non-hydrogen) atoms. The van der Waals surface area contributed by atoms with Crippen molar-refractivity contribution in [1.82, 2.24) is 0 Å². The van der Waals surface area contributed by atoms with E-state index in [0.29, 0.717) is 5.75 Å². The van der Waals surface area contributed by atoms with Crippen LogP contribution in [0, 0.1) is 0 Å². The zero-order valence-electron chi connectivity index (χ0n) is 11.3. The summed E-state index contributed by atoms with van der Waals surface area (Å²) < 4.78 is 32.5. The van der Waals surface area contributed by atoms with Crippen LogP contribution in [-0.4, -0.2) is 39.9 Å². The Bertz CT molecular complexity index is 567. The van der Waals surface area contributed by atoms with E-state index in [-0.39, 0.29) is 12.2 Å². The molecule has 1 aromatic carbocycles. The fourth-order valence-corrected chi connectivity index (χ4v) is 1.46. The maximum atomic E-state index is 12.1. The quantitative estimate of drug-likeness (QED) is 0.199. The van der Waals surface area contributed by atoms with Crippen molar-refractivity contribution in [3.8, 4) is 5.75 Å². The summed E-state index contributed by atoms with van der Waals surface area (Å²) in [6, 6.07) is 5.85. The maximum absolute atomic E-state index is 12.1. The largest absolute Gasteiger partial charge is 0.497 e. The molecule has 0 aromatic heterocycles. The van der Waals surface area contributed by atoms with Crippen LogP contribution in [0.2, 0.25) is 0 Å². The highest BCUT2D eigenvalue weighted by Crippen LogP contribution is 2.12. The minimum absolute atomic E-state index is 0.00988. The Kier molecular flexibility index (Phi) is 6.50. The summed E-state index contributed by atoms with van der Waals surface area (Å²) in [4.78, 5) is 23.8. The first-order valence-corrected chi connectivity index (χ1v) is 6.75. The number of carbonyl (C=O) groups is 2. The van der Waals surface area contributed by atoms with Gasteiger partial charge in [-0.15, -0.1) is 0 Å². The molecule has 0 heterocycles. The molecule has 0 saturated heterocycles. The summed E-state index contributed by atoms with van der Waals surface area (Å²) in [6.45, 7) is 1.55. The number of esters is 1. The van der Waals surface area contributed by atoms with E-state index in [4.69, 9.17) is 9.29 Å². The number of methoxy groups -OCH3 is 1. The molecule has 1 N–H and O–H groups in total. The van der Waals surface area contributed by atoms with Crippen molar-refractivity contribution in [2.24, 2.45) is 5.16 Å². The molecule has 0 bridgehead atoms. The van der Waals surface area contributed by atoms with Crippen LogP contribution in [0.1, 0.15) is 17.3 Å². The molecular formula is C12H13NO7S. The van der Waals surface area contributed by atoms with E-state index >= 15 is 0 Å². The molecule has 0 aliphatic carbocycles. The maximum Gasteiger partial charge on any atom is 0.378 e. The zero-order valence-corrected chi connectivity index (χ0v) is 12.1. The van der Waals surface area contributed by atoms with E-state index in [2.05, 4.69) is 14.2 Å². The normalized spacial score (nSPS) is 12.4. The molecule has 0 aliphatic rings. The van der Waals surface area contributed by atoms with Gasteiger partial charge in [0.1, 0.15) is 5.75 Å². The lowest BCUT2D eigenvalue weighted by Crippen LogP contribution is -2.27. The van der Waals surface area contributed by atoms with E-state index < -0.39 is 28.8 Å². The van der Waals surface area contributed by atoms with Gasteiger partial charge in [-0.1, -0.05) is 5.16 Å². The molecule has 1 atom stereocenters. The minimum Gasteiger partial charge on any atom is -0.497 e. The number of benzene rings is 1. The number of ketones is 1. The molecule has 1 aromatic rings. The predicted molar refractivity (Wildman–Crippen MR) is 73.2 cm³/mol. The second kappa shape index (κ2) is 8.12. The van der Waals surface area contributed by atoms with E-state index in [1.54, 1.807) is 6.92 Å². The van der Waals surface area contributed by atoms with Crippen molar-refractivity contribution in [3.63, 3.8) is 0 Å². The number of hydrogen-bond acceptors (Lipinski definition) is 7. The van der Waals surface area contributed by atoms with Crippen LogP contribution in [0.25, 0.3) is 0 Å². The molecule has 0 aliphatic heterocycles. The minimum atomic E-state index is -2.75. The first kappa shape index (κ1) is 16.8. The Morgan fingerprint density at radius 2 is 1.90 bits per heavy atom. The molecule has 9 heteroatoms. The monoisotopic (exact) mass is 315 g/mol. The highest BCUT2D eigenvalue weighted by atomic mass is 32.2. The third-order valence-electron chi connectivity index (χ3n) is 2.23. The van der Waals surface area contributed by atoms with Crippen LogP contribution in [-0.2, 0) is 25.2 Å². The lowest BCUT2D eigenvalue weighted by atomic mass is 10.1. The molecule has 1 unspecified atom stereocenters. The Morgan fingerprint density at radius 1 is 1.29 bits per heavy atom. The average Bonchev–Trinajstić information content (AvgIpc) is 2.47. The summed E-state index contributed by atoms with van der Waals surface area (Å²) in [7, 11) is 1.47. The Labute approximate surface area is 123 Å². The first-order chi connectivity index (χ1) is 9.99. The number of nitrogens with zero attached hydrogens (tertiary/aromatic N) is 1. The van der Waals surface area contributed by atoms with E-state index in [0.717, 1.165) is 0 Å².